The first-order chi connectivity index (χ1) is 17.0. The van der Waals surface area contributed by atoms with Gasteiger partial charge in [-0.15, -0.1) is 11.8 Å². The molecule has 0 saturated carbocycles. The van der Waals surface area contributed by atoms with E-state index in [1.54, 1.807) is 6.92 Å². The van der Waals surface area contributed by atoms with Gasteiger partial charge < -0.3 is 14.5 Å². The molecule has 0 unspecified atom stereocenters. The number of ether oxygens (including phenoxy) is 1. The minimum Gasteiger partial charge on any atom is -0.450 e. The second-order valence-electron chi connectivity index (χ2n) is 9.41. The van der Waals surface area contributed by atoms with Crippen LogP contribution in [0.1, 0.15) is 54.4 Å². The Balaban J connectivity index is 1.20. The molecule has 2 aromatic carbocycles. The van der Waals surface area contributed by atoms with E-state index >= 15 is 0 Å². The smallest absolute Gasteiger partial charge is 0.411 e. The van der Waals surface area contributed by atoms with E-state index in [0.29, 0.717) is 23.9 Å². The van der Waals surface area contributed by atoms with Crippen LogP contribution in [0.4, 0.5) is 20.6 Å². The SMILES string of the molecule is CCOC(=O)Nc1cc(F)ccc1C(=O)CCCN1CC[C@H]2[C@@H](C1)c1cccc3c1N2CCCS3. The summed E-state index contributed by atoms with van der Waals surface area (Å²) in [6, 6.07) is 11.2. The van der Waals surface area contributed by atoms with E-state index in [4.69, 9.17) is 4.74 Å². The second-order valence-corrected chi connectivity index (χ2v) is 10.6. The van der Waals surface area contributed by atoms with Gasteiger partial charge in [-0.3, -0.25) is 10.1 Å². The van der Waals surface area contributed by atoms with Gasteiger partial charge in [0.25, 0.3) is 0 Å². The van der Waals surface area contributed by atoms with Crippen molar-refractivity contribution in [3.05, 3.63) is 53.3 Å². The fraction of sp³-hybridized carbons (Fsp3) is 0.481. The van der Waals surface area contributed by atoms with Crippen LogP contribution in [0.5, 0.6) is 0 Å². The average molecular weight is 498 g/mol. The fourth-order valence-corrected chi connectivity index (χ4v) is 6.79. The van der Waals surface area contributed by atoms with Gasteiger partial charge in [-0.2, -0.15) is 0 Å². The monoisotopic (exact) mass is 497 g/mol. The quantitative estimate of drug-likeness (QED) is 0.508. The van der Waals surface area contributed by atoms with Crippen LogP contribution in [-0.2, 0) is 4.74 Å². The summed E-state index contributed by atoms with van der Waals surface area (Å²) in [5, 5.41) is 2.49. The van der Waals surface area contributed by atoms with Gasteiger partial charge in [-0.1, -0.05) is 12.1 Å². The topological polar surface area (TPSA) is 61.9 Å². The molecule has 2 atom stereocenters. The Morgan fingerprint density at radius 1 is 1.23 bits per heavy atom. The number of nitrogens with one attached hydrogen (secondary N) is 1. The number of Topliss-reactive ketones (excluding diaryl/α,β-unsaturated/α-hetero) is 1. The minimum atomic E-state index is -0.692. The number of thioether (sulfide) groups is 1. The van der Waals surface area contributed by atoms with Gasteiger partial charge >= 0.3 is 6.09 Å². The number of rotatable bonds is 7. The number of nitrogens with zero attached hydrogens (tertiary/aromatic N) is 2. The van der Waals surface area contributed by atoms with Crippen molar-refractivity contribution >= 4 is 35.0 Å². The molecule has 0 spiro atoms. The number of hydrogen-bond acceptors (Lipinski definition) is 6. The molecule has 1 N–H and O–H groups in total. The molecule has 6 nitrogen and oxygen atoms in total. The van der Waals surface area contributed by atoms with E-state index < -0.39 is 11.9 Å². The minimum absolute atomic E-state index is 0.104. The number of fused-ring (bicyclic) bond motifs is 3. The highest BCUT2D eigenvalue weighted by Crippen LogP contribution is 2.50. The Bertz CT molecular complexity index is 1110. The largest absolute Gasteiger partial charge is 0.450 e. The summed E-state index contributed by atoms with van der Waals surface area (Å²) in [6.07, 6.45) is 2.74. The summed E-state index contributed by atoms with van der Waals surface area (Å²) < 4.78 is 18.6. The number of halogens is 1. The summed E-state index contributed by atoms with van der Waals surface area (Å²) >= 11 is 1.99. The predicted octanol–water partition coefficient (Wildman–Crippen LogP) is 5.53. The molecule has 0 aliphatic carbocycles. The van der Waals surface area contributed by atoms with E-state index in [1.807, 2.05) is 11.8 Å². The molecular weight excluding hydrogens is 465 g/mol. The number of piperidine rings is 1. The van der Waals surface area contributed by atoms with Gasteiger partial charge in [-0.25, -0.2) is 9.18 Å². The van der Waals surface area contributed by atoms with Crippen LogP contribution < -0.4 is 10.2 Å². The zero-order chi connectivity index (χ0) is 24.4. The zero-order valence-electron chi connectivity index (χ0n) is 20.1. The summed E-state index contributed by atoms with van der Waals surface area (Å²) in [5.74, 6) is 1.09. The number of carbonyl (C=O) groups is 2. The lowest BCUT2D eigenvalue weighted by atomic mass is 9.89. The molecule has 186 valence electrons. The number of likely N-dealkylation sites (tertiary alicyclic amines) is 1. The normalized spacial score (nSPS) is 21.1. The van der Waals surface area contributed by atoms with E-state index in [0.717, 1.165) is 39.0 Å². The third-order valence-corrected chi connectivity index (χ3v) is 8.38. The van der Waals surface area contributed by atoms with E-state index in [2.05, 4.69) is 33.3 Å². The summed E-state index contributed by atoms with van der Waals surface area (Å²) in [7, 11) is 0. The third kappa shape index (κ3) is 5.05. The molecule has 8 heteroatoms. The van der Waals surface area contributed by atoms with Gasteiger partial charge in [0.15, 0.2) is 5.78 Å². The summed E-state index contributed by atoms with van der Waals surface area (Å²) in [4.78, 5) is 31.3. The number of ketones is 1. The maximum Gasteiger partial charge on any atom is 0.411 e. The maximum absolute atomic E-state index is 13.7. The second kappa shape index (κ2) is 10.6. The van der Waals surface area contributed by atoms with Gasteiger partial charge in [0.2, 0.25) is 0 Å². The highest BCUT2D eigenvalue weighted by atomic mass is 32.2. The lowest BCUT2D eigenvalue weighted by molar-refractivity contribution is 0.0972. The third-order valence-electron chi connectivity index (χ3n) is 7.25. The molecule has 3 aliphatic heterocycles. The molecule has 0 radical (unpaired) electrons. The van der Waals surface area contributed by atoms with E-state index in [1.165, 1.54) is 46.5 Å². The Hall–Kier alpha value is -2.58. The molecule has 1 saturated heterocycles. The Kier molecular flexibility index (Phi) is 7.29. The predicted molar refractivity (Wildman–Crippen MR) is 137 cm³/mol. The van der Waals surface area contributed by atoms with Crippen molar-refractivity contribution in [2.24, 2.45) is 0 Å². The van der Waals surface area contributed by atoms with Crippen molar-refractivity contribution in [3.63, 3.8) is 0 Å². The lowest BCUT2D eigenvalue weighted by Gasteiger charge is -2.39. The van der Waals surface area contributed by atoms with Gasteiger partial charge in [0, 0.05) is 48.5 Å². The molecule has 2 aromatic rings. The summed E-state index contributed by atoms with van der Waals surface area (Å²) in [5.41, 5.74) is 3.44. The van der Waals surface area contributed by atoms with Gasteiger partial charge in [0.05, 0.1) is 18.0 Å². The van der Waals surface area contributed by atoms with Crippen molar-refractivity contribution in [3.8, 4) is 0 Å². The van der Waals surface area contributed by atoms with Crippen LogP contribution in [-0.4, -0.2) is 61.4 Å². The standard InChI is InChI=1S/C27H32FN3O3S/c1-2-34-27(33)29-22-16-18(28)9-10-20(22)24(32)7-4-12-30-14-11-23-21(17-30)19-6-3-8-25-26(19)31(23)13-5-15-35-25/h3,6,8-10,16,21,23H,2,4-5,7,11-15,17H2,1H3,(H,29,33)/t21-,23-/m0/s1. The van der Waals surface area contributed by atoms with E-state index in [9.17, 15) is 14.0 Å². The van der Waals surface area contributed by atoms with Crippen molar-refractivity contribution in [2.45, 2.75) is 49.5 Å². The number of benzene rings is 2. The van der Waals surface area contributed by atoms with Crippen molar-refractivity contribution in [1.82, 2.24) is 4.90 Å². The Morgan fingerprint density at radius 3 is 2.97 bits per heavy atom. The van der Waals surface area contributed by atoms with Crippen LogP contribution >= 0.6 is 11.8 Å². The highest BCUT2D eigenvalue weighted by molar-refractivity contribution is 7.99. The number of hydrogen-bond donors (Lipinski definition) is 1. The van der Waals surface area contributed by atoms with Crippen molar-refractivity contribution < 1.29 is 18.7 Å². The molecule has 0 bridgehead atoms. The molecule has 0 aromatic heterocycles. The number of carbonyl (C=O) groups excluding carboxylic acids is 2. The van der Waals surface area contributed by atoms with Gasteiger partial charge in [0.1, 0.15) is 5.82 Å². The molecule has 5 rings (SSSR count). The number of anilines is 2. The fourth-order valence-electron chi connectivity index (χ4n) is 5.75. The first-order valence-electron chi connectivity index (χ1n) is 12.6. The average Bonchev–Trinajstić information content (AvgIpc) is 2.99. The molecule has 3 aliphatic rings. The highest BCUT2D eigenvalue weighted by Gasteiger charge is 2.43. The molecule has 1 amide bonds. The molecule has 1 fully saturated rings. The molecular formula is C27H32FN3O3S. The van der Waals surface area contributed by atoms with Gasteiger partial charge in [-0.05, 0) is 68.3 Å². The van der Waals surface area contributed by atoms with Crippen LogP contribution in [0, 0.1) is 5.82 Å². The number of para-hydroxylation sites is 1. The van der Waals surface area contributed by atoms with Crippen LogP contribution in [0.2, 0.25) is 0 Å². The van der Waals surface area contributed by atoms with Crippen LogP contribution in [0.25, 0.3) is 0 Å². The molecule has 3 heterocycles. The maximum atomic E-state index is 13.7. The lowest BCUT2D eigenvalue weighted by Crippen LogP contribution is -2.46. The van der Waals surface area contributed by atoms with Crippen molar-refractivity contribution in [2.75, 3.05) is 48.8 Å². The first kappa shape index (κ1) is 24.1. The van der Waals surface area contributed by atoms with E-state index in [-0.39, 0.29) is 18.1 Å². The van der Waals surface area contributed by atoms with Crippen LogP contribution in [0.15, 0.2) is 41.3 Å². The molecule has 35 heavy (non-hydrogen) atoms. The van der Waals surface area contributed by atoms with Crippen LogP contribution in [0.3, 0.4) is 0 Å². The van der Waals surface area contributed by atoms with Crippen molar-refractivity contribution in [1.29, 1.82) is 0 Å². The Morgan fingerprint density at radius 2 is 2.11 bits per heavy atom. The Labute approximate surface area is 210 Å². The first-order valence-corrected chi connectivity index (χ1v) is 13.5. The zero-order valence-corrected chi connectivity index (χ0v) is 20.9. The summed E-state index contributed by atoms with van der Waals surface area (Å²) in [6.45, 7) is 5.93. The number of amides is 1.